The van der Waals surface area contributed by atoms with Crippen LogP contribution in [0.4, 0.5) is 14.5 Å². The van der Waals surface area contributed by atoms with Gasteiger partial charge in [0.25, 0.3) is 0 Å². The first-order chi connectivity index (χ1) is 19.0. The van der Waals surface area contributed by atoms with Crippen LogP contribution in [0.2, 0.25) is 0 Å². The van der Waals surface area contributed by atoms with E-state index in [1.807, 2.05) is 33.8 Å². The number of carbonyl (C=O) groups excluding carboxylic acids is 1. The molecule has 2 N–H and O–H groups in total. The van der Waals surface area contributed by atoms with Crippen LogP contribution in [0.25, 0.3) is 0 Å². The predicted octanol–water partition coefficient (Wildman–Crippen LogP) is 7.81. The number of carbonyl (C=O) groups is 1. The monoisotopic (exact) mass is 555 g/mol. The third-order valence-corrected chi connectivity index (χ3v) is 8.73. The summed E-state index contributed by atoms with van der Waals surface area (Å²) in [6, 6.07) is 18.9. The Morgan fingerprint density at radius 1 is 1.05 bits per heavy atom. The van der Waals surface area contributed by atoms with E-state index in [-0.39, 0.29) is 28.4 Å². The van der Waals surface area contributed by atoms with Gasteiger partial charge in [-0.1, -0.05) is 37.6 Å². The van der Waals surface area contributed by atoms with Crippen molar-refractivity contribution in [2.24, 2.45) is 11.1 Å². The van der Waals surface area contributed by atoms with Crippen molar-refractivity contribution in [2.75, 3.05) is 4.90 Å². The van der Waals surface area contributed by atoms with Crippen LogP contribution >= 0.6 is 11.8 Å². The number of hydrogen-bond acceptors (Lipinski definition) is 5. The number of nitrogens with two attached hydrogens (primary N) is 1. The van der Waals surface area contributed by atoms with E-state index in [4.69, 9.17) is 5.73 Å². The summed E-state index contributed by atoms with van der Waals surface area (Å²) in [5.41, 5.74) is 12.4. The van der Waals surface area contributed by atoms with Crippen LogP contribution in [0, 0.1) is 42.2 Å². The summed E-state index contributed by atoms with van der Waals surface area (Å²) < 4.78 is 27.7. The Morgan fingerprint density at radius 2 is 1.77 bits per heavy atom. The molecule has 0 bridgehead atoms. The molecule has 0 amide bonds. The lowest BCUT2D eigenvalue weighted by Crippen LogP contribution is -2.42. The SMILES string of the molecule is Cc1cc(CSc2ccc(F)cc2)c(C)c(C2C(C#N)=C(N)N(c3cccc(F)c3)C3=C2C(=O)CC(C)(C)C3)c1. The molecular formula is C33H31F2N3OS. The van der Waals surface area contributed by atoms with Gasteiger partial charge >= 0.3 is 0 Å². The highest BCUT2D eigenvalue weighted by molar-refractivity contribution is 7.98. The molecule has 1 atom stereocenters. The molecule has 0 aromatic heterocycles. The number of rotatable bonds is 5. The van der Waals surface area contributed by atoms with Crippen molar-refractivity contribution in [3.05, 3.63) is 117 Å². The molecule has 3 aromatic carbocycles. The van der Waals surface area contributed by atoms with Gasteiger partial charge in [0.1, 0.15) is 17.5 Å². The number of aryl methyl sites for hydroxylation is 1. The summed E-state index contributed by atoms with van der Waals surface area (Å²) in [4.78, 5) is 16.5. The molecule has 1 aliphatic heterocycles. The van der Waals surface area contributed by atoms with E-state index in [1.165, 1.54) is 24.3 Å². The molecule has 0 spiro atoms. The fourth-order valence-electron chi connectivity index (χ4n) is 5.84. The van der Waals surface area contributed by atoms with Crippen LogP contribution in [0.5, 0.6) is 0 Å². The molecule has 1 heterocycles. The van der Waals surface area contributed by atoms with Crippen LogP contribution < -0.4 is 10.6 Å². The van der Waals surface area contributed by atoms with E-state index >= 15 is 0 Å². The Hall–Kier alpha value is -3.89. The van der Waals surface area contributed by atoms with E-state index in [2.05, 4.69) is 12.1 Å². The first-order valence-electron chi connectivity index (χ1n) is 13.2. The highest BCUT2D eigenvalue weighted by Gasteiger charge is 2.45. The van der Waals surface area contributed by atoms with Crippen LogP contribution in [-0.2, 0) is 10.5 Å². The van der Waals surface area contributed by atoms with Gasteiger partial charge in [-0.05, 0) is 84.8 Å². The molecule has 0 saturated heterocycles. The zero-order chi connectivity index (χ0) is 28.8. The van der Waals surface area contributed by atoms with Gasteiger partial charge in [-0.15, -0.1) is 11.8 Å². The number of hydrogen-bond donors (Lipinski definition) is 1. The number of nitrogens with zero attached hydrogens (tertiary/aromatic N) is 2. The second kappa shape index (κ2) is 10.6. The molecule has 4 nitrogen and oxygen atoms in total. The molecule has 5 rings (SSSR count). The number of ketones is 1. The van der Waals surface area contributed by atoms with E-state index in [0.717, 1.165) is 32.8 Å². The first kappa shape index (κ1) is 27.7. The molecule has 3 aromatic rings. The fourth-order valence-corrected chi connectivity index (χ4v) is 6.79. The smallest absolute Gasteiger partial charge is 0.162 e. The van der Waals surface area contributed by atoms with Crippen molar-refractivity contribution in [3.8, 4) is 6.07 Å². The number of Topliss-reactive ketones (excluding diaryl/α,β-unsaturated/α-hetero) is 1. The third-order valence-electron chi connectivity index (χ3n) is 7.67. The highest BCUT2D eigenvalue weighted by Crippen LogP contribution is 2.51. The van der Waals surface area contributed by atoms with Crippen LogP contribution in [0.1, 0.15) is 54.9 Å². The second-order valence-corrected chi connectivity index (χ2v) is 12.4. The molecule has 1 aliphatic carbocycles. The Balaban J connectivity index is 1.67. The lowest BCUT2D eigenvalue weighted by molar-refractivity contribution is -0.118. The van der Waals surface area contributed by atoms with Gasteiger partial charge in [0.05, 0.1) is 23.2 Å². The van der Waals surface area contributed by atoms with E-state index in [0.29, 0.717) is 29.9 Å². The minimum absolute atomic E-state index is 0.0268. The number of benzene rings is 3. The Kier molecular flexibility index (Phi) is 7.32. The standard InChI is InChI=1S/C33H31F2N3OS/c1-19-12-21(18-40-25-10-8-22(34)9-11-25)20(2)26(13-19)30-27(17-36)32(37)38(24-7-5-6-23(35)14-24)28-15-33(3,4)16-29(39)31(28)30/h5-14,30H,15-16,18,37H2,1-4H3. The van der Waals surface area contributed by atoms with E-state index < -0.39 is 11.7 Å². The van der Waals surface area contributed by atoms with Gasteiger partial charge in [-0.2, -0.15) is 5.26 Å². The lowest BCUT2D eigenvalue weighted by atomic mass is 9.68. The minimum atomic E-state index is -0.622. The normalized spacial score (nSPS) is 18.6. The predicted molar refractivity (Wildman–Crippen MR) is 155 cm³/mol. The third kappa shape index (κ3) is 5.16. The average molecular weight is 556 g/mol. The Bertz CT molecular complexity index is 1620. The highest BCUT2D eigenvalue weighted by atomic mass is 32.2. The summed E-state index contributed by atoms with van der Waals surface area (Å²) in [5.74, 6) is -0.495. The zero-order valence-corrected chi connectivity index (χ0v) is 23.8. The quantitative estimate of drug-likeness (QED) is 0.325. The molecule has 2 aliphatic rings. The number of halogens is 2. The maximum absolute atomic E-state index is 14.3. The molecule has 0 radical (unpaired) electrons. The summed E-state index contributed by atoms with van der Waals surface area (Å²) in [6.45, 7) is 8.08. The summed E-state index contributed by atoms with van der Waals surface area (Å²) in [5, 5.41) is 10.4. The number of nitriles is 1. The zero-order valence-electron chi connectivity index (χ0n) is 23.0. The van der Waals surface area contributed by atoms with Crippen LogP contribution in [0.15, 0.2) is 88.2 Å². The van der Waals surface area contributed by atoms with E-state index in [1.54, 1.807) is 40.9 Å². The summed E-state index contributed by atoms with van der Waals surface area (Å²) >= 11 is 1.60. The van der Waals surface area contributed by atoms with Gasteiger partial charge in [0.15, 0.2) is 5.78 Å². The molecule has 204 valence electrons. The molecular weight excluding hydrogens is 524 g/mol. The topological polar surface area (TPSA) is 70.1 Å². The van der Waals surface area contributed by atoms with Crippen molar-refractivity contribution < 1.29 is 13.6 Å². The number of allylic oxidation sites excluding steroid dienone is 3. The molecule has 7 heteroatoms. The van der Waals surface area contributed by atoms with Crippen LogP contribution in [0.3, 0.4) is 0 Å². The van der Waals surface area contributed by atoms with Crippen molar-refractivity contribution >= 4 is 23.2 Å². The van der Waals surface area contributed by atoms with Gasteiger partial charge in [0.2, 0.25) is 0 Å². The van der Waals surface area contributed by atoms with Crippen molar-refractivity contribution in [2.45, 2.75) is 57.1 Å². The van der Waals surface area contributed by atoms with Crippen molar-refractivity contribution in [3.63, 3.8) is 0 Å². The van der Waals surface area contributed by atoms with Crippen LogP contribution in [-0.4, -0.2) is 5.78 Å². The van der Waals surface area contributed by atoms with E-state index in [9.17, 15) is 18.8 Å². The molecule has 40 heavy (non-hydrogen) atoms. The molecule has 0 fully saturated rings. The second-order valence-electron chi connectivity index (χ2n) is 11.3. The van der Waals surface area contributed by atoms with Gasteiger partial charge < -0.3 is 5.73 Å². The fraction of sp³-hybridized carbons (Fsp3) is 0.273. The van der Waals surface area contributed by atoms with Crippen molar-refractivity contribution in [1.82, 2.24) is 0 Å². The molecule has 1 unspecified atom stereocenters. The maximum Gasteiger partial charge on any atom is 0.162 e. The lowest BCUT2D eigenvalue weighted by Gasteiger charge is -2.44. The Morgan fingerprint density at radius 3 is 2.45 bits per heavy atom. The average Bonchev–Trinajstić information content (AvgIpc) is 2.88. The maximum atomic E-state index is 14.3. The van der Waals surface area contributed by atoms with Gasteiger partial charge in [0, 0.05) is 28.3 Å². The molecule has 0 saturated carbocycles. The van der Waals surface area contributed by atoms with Crippen molar-refractivity contribution in [1.29, 1.82) is 5.26 Å². The largest absolute Gasteiger partial charge is 0.384 e. The van der Waals surface area contributed by atoms with Gasteiger partial charge in [-0.3, -0.25) is 9.69 Å². The summed E-state index contributed by atoms with van der Waals surface area (Å²) in [6.07, 6.45) is 0.898. The minimum Gasteiger partial charge on any atom is -0.384 e. The van der Waals surface area contributed by atoms with Gasteiger partial charge in [-0.25, -0.2) is 8.78 Å². The summed E-state index contributed by atoms with van der Waals surface area (Å²) in [7, 11) is 0. The Labute approximate surface area is 238 Å². The number of anilines is 1. The first-order valence-corrected chi connectivity index (χ1v) is 14.2. The number of thioether (sulfide) groups is 1.